The number of primary amides is 1. The molecule has 5 rings (SSSR count). The number of hydrogen-bond acceptors (Lipinski definition) is 5. The van der Waals surface area contributed by atoms with Crippen molar-refractivity contribution in [3.8, 4) is 28.4 Å². The van der Waals surface area contributed by atoms with Crippen molar-refractivity contribution in [1.29, 1.82) is 0 Å². The number of ether oxygens (including phenoxy) is 3. The quantitative estimate of drug-likeness (QED) is 0.476. The summed E-state index contributed by atoms with van der Waals surface area (Å²) in [6, 6.07) is 15.0. The highest BCUT2D eigenvalue weighted by molar-refractivity contribution is 6.02. The first kappa shape index (κ1) is 22.6. The van der Waals surface area contributed by atoms with E-state index in [2.05, 4.69) is 10.1 Å². The number of nitrogens with two attached hydrogens (primary N) is 1. The van der Waals surface area contributed by atoms with Crippen LogP contribution in [0, 0.1) is 0 Å². The number of fused-ring (bicyclic) bond motifs is 1. The molecule has 3 aromatic carbocycles. The molecular weight excluding hydrogens is 465 g/mol. The molecule has 1 aliphatic carbocycles. The van der Waals surface area contributed by atoms with E-state index < -0.39 is 23.4 Å². The van der Waals surface area contributed by atoms with Crippen molar-refractivity contribution in [3.05, 3.63) is 71.8 Å². The number of anilines is 1. The fraction of sp³-hybridized carbons (Fsp3) is 0.200. The fourth-order valence-corrected chi connectivity index (χ4v) is 4.10. The first-order valence-electron chi connectivity index (χ1n) is 10.7. The number of carbonyl (C=O) groups is 2. The molecular formula is C25H25F3N2O5. The Balaban J connectivity index is 0.00000169. The molecule has 0 aromatic heterocycles. The minimum atomic E-state index is -4.93. The van der Waals surface area contributed by atoms with Gasteiger partial charge in [0.05, 0.1) is 5.41 Å². The summed E-state index contributed by atoms with van der Waals surface area (Å²) in [5, 5.41) is 2.81. The molecule has 0 saturated heterocycles. The fourth-order valence-electron chi connectivity index (χ4n) is 4.10. The molecule has 0 spiro atoms. The highest BCUT2D eigenvalue weighted by atomic mass is 19.4. The third kappa shape index (κ3) is 4.46. The average Bonchev–Trinajstić information content (AvgIpc) is 3.50. The minimum absolute atomic E-state index is 0. The molecule has 0 radical (unpaired) electrons. The van der Waals surface area contributed by atoms with Crippen LogP contribution in [-0.4, -0.2) is 25.0 Å². The van der Waals surface area contributed by atoms with Crippen LogP contribution in [-0.2, 0) is 10.2 Å². The van der Waals surface area contributed by atoms with Crippen molar-refractivity contribution in [3.63, 3.8) is 0 Å². The van der Waals surface area contributed by atoms with Gasteiger partial charge in [-0.1, -0.05) is 18.2 Å². The molecule has 0 bridgehead atoms. The summed E-state index contributed by atoms with van der Waals surface area (Å²) in [4.78, 5) is 24.8. The number of rotatable bonds is 6. The molecule has 1 heterocycles. The van der Waals surface area contributed by atoms with Gasteiger partial charge in [-0.05, 0) is 66.4 Å². The largest absolute Gasteiger partial charge is 0.573 e. The molecule has 3 aromatic rings. The molecule has 35 heavy (non-hydrogen) atoms. The molecule has 0 atom stereocenters. The van der Waals surface area contributed by atoms with Crippen LogP contribution in [0.3, 0.4) is 0 Å². The first-order chi connectivity index (χ1) is 16.6. The summed E-state index contributed by atoms with van der Waals surface area (Å²) < 4.78 is 54.0. The highest BCUT2D eigenvalue weighted by Gasteiger charge is 2.51. The van der Waals surface area contributed by atoms with Crippen LogP contribution >= 0.6 is 0 Å². The van der Waals surface area contributed by atoms with Gasteiger partial charge in [-0.25, -0.2) is 0 Å². The zero-order valence-electron chi connectivity index (χ0n) is 18.1. The van der Waals surface area contributed by atoms with Gasteiger partial charge in [0.15, 0.2) is 11.5 Å². The molecule has 7 nitrogen and oxygen atoms in total. The van der Waals surface area contributed by atoms with Gasteiger partial charge in [0, 0.05) is 21.1 Å². The third-order valence-electron chi connectivity index (χ3n) is 6.03. The van der Waals surface area contributed by atoms with Gasteiger partial charge in [0.1, 0.15) is 5.75 Å². The van der Waals surface area contributed by atoms with Crippen molar-refractivity contribution in [2.45, 2.75) is 24.6 Å². The lowest BCUT2D eigenvalue weighted by atomic mass is 9.94. The smallest absolute Gasteiger partial charge is 0.454 e. The van der Waals surface area contributed by atoms with Crippen LogP contribution in [0.1, 0.15) is 33.0 Å². The lowest BCUT2D eigenvalue weighted by molar-refractivity contribution is -0.274. The maximum atomic E-state index is 13.2. The van der Waals surface area contributed by atoms with Crippen molar-refractivity contribution in [2.24, 2.45) is 5.73 Å². The number of amides is 2. The van der Waals surface area contributed by atoms with Gasteiger partial charge in [-0.3, -0.25) is 9.59 Å². The molecule has 2 amide bonds. The number of nitrogens with one attached hydrogen (secondary N) is 1. The summed E-state index contributed by atoms with van der Waals surface area (Å²) in [6.07, 6.45) is -3.71. The lowest BCUT2D eigenvalue weighted by Crippen LogP contribution is -2.27. The summed E-state index contributed by atoms with van der Waals surface area (Å²) >= 11 is 0. The topological polar surface area (TPSA) is 99.9 Å². The van der Waals surface area contributed by atoms with Crippen LogP contribution in [0.5, 0.6) is 17.2 Å². The molecule has 1 fully saturated rings. The van der Waals surface area contributed by atoms with Crippen LogP contribution in [0.2, 0.25) is 0 Å². The molecule has 1 aliphatic heterocycles. The van der Waals surface area contributed by atoms with Gasteiger partial charge in [-0.15, -0.1) is 13.2 Å². The van der Waals surface area contributed by atoms with Crippen molar-refractivity contribution >= 4 is 17.5 Å². The molecule has 0 unspecified atom stereocenters. The van der Waals surface area contributed by atoms with Crippen molar-refractivity contribution < 1.29 is 41.3 Å². The Morgan fingerprint density at radius 3 is 2.49 bits per heavy atom. The van der Waals surface area contributed by atoms with Gasteiger partial charge in [0.25, 0.3) is 0 Å². The second-order valence-corrected chi connectivity index (χ2v) is 8.31. The Kier molecular flexibility index (Phi) is 5.31. The standard InChI is InChI=1S/C25H19F3N2O5.3H2/c26-25(27,28)35-19-7-5-17(12-18(19)14-2-1-3-15(10-14)22(29)31)30-23(32)24(8-9-24)16-4-6-20-21(11-16)34-13-33-20;;;/h1-7,10-12H,8-9,13H2,(H2,29,31)(H,30,32);3*1H. The lowest BCUT2D eigenvalue weighted by Gasteiger charge is -2.18. The maximum Gasteiger partial charge on any atom is 0.573 e. The summed E-state index contributed by atoms with van der Waals surface area (Å²) in [7, 11) is 0. The van der Waals surface area contributed by atoms with Crippen LogP contribution < -0.4 is 25.3 Å². The zero-order chi connectivity index (χ0) is 24.8. The van der Waals surface area contributed by atoms with Gasteiger partial charge < -0.3 is 25.3 Å². The Morgan fingerprint density at radius 1 is 1.00 bits per heavy atom. The monoisotopic (exact) mass is 490 g/mol. The van der Waals surface area contributed by atoms with Crippen molar-refractivity contribution in [2.75, 3.05) is 12.1 Å². The van der Waals surface area contributed by atoms with E-state index >= 15 is 0 Å². The Labute approximate surface area is 202 Å². The molecule has 3 N–H and O–H groups in total. The van der Waals surface area contributed by atoms with E-state index in [9.17, 15) is 22.8 Å². The van der Waals surface area contributed by atoms with Crippen LogP contribution in [0.25, 0.3) is 11.1 Å². The number of halogens is 3. The van der Waals surface area contributed by atoms with Gasteiger partial charge in [0.2, 0.25) is 18.6 Å². The van der Waals surface area contributed by atoms with Crippen LogP contribution in [0.4, 0.5) is 18.9 Å². The second-order valence-electron chi connectivity index (χ2n) is 8.31. The van der Waals surface area contributed by atoms with E-state index in [1.807, 2.05) is 0 Å². The second kappa shape index (κ2) is 8.23. The predicted molar refractivity (Wildman–Crippen MR) is 126 cm³/mol. The van der Waals surface area contributed by atoms with E-state index in [-0.39, 0.29) is 39.4 Å². The highest BCUT2D eigenvalue weighted by Crippen LogP contribution is 2.51. The number of carbonyl (C=O) groups excluding carboxylic acids is 2. The Hall–Kier alpha value is -4.21. The third-order valence-corrected chi connectivity index (χ3v) is 6.03. The Morgan fingerprint density at radius 2 is 1.77 bits per heavy atom. The van der Waals surface area contributed by atoms with Gasteiger partial charge in [-0.2, -0.15) is 0 Å². The molecule has 2 aliphatic rings. The summed E-state index contributed by atoms with van der Waals surface area (Å²) in [6.45, 7) is 0.115. The number of alkyl halides is 3. The maximum absolute atomic E-state index is 13.2. The van der Waals surface area contributed by atoms with Gasteiger partial charge >= 0.3 is 6.36 Å². The molecule has 10 heteroatoms. The summed E-state index contributed by atoms with van der Waals surface area (Å²) in [5.41, 5.74) is 6.02. The first-order valence-corrected chi connectivity index (χ1v) is 10.7. The zero-order valence-corrected chi connectivity index (χ0v) is 18.1. The van der Waals surface area contributed by atoms with E-state index in [1.54, 1.807) is 18.2 Å². The molecule has 186 valence electrons. The number of benzene rings is 3. The van der Waals surface area contributed by atoms with Crippen LogP contribution in [0.15, 0.2) is 60.7 Å². The van der Waals surface area contributed by atoms with E-state index in [1.165, 1.54) is 36.4 Å². The Bertz CT molecular complexity index is 1350. The van der Waals surface area contributed by atoms with Crippen molar-refractivity contribution in [1.82, 2.24) is 0 Å². The van der Waals surface area contributed by atoms with E-state index in [0.29, 0.717) is 24.3 Å². The average molecular weight is 490 g/mol. The normalized spacial score (nSPS) is 15.4. The van der Waals surface area contributed by atoms with E-state index in [0.717, 1.165) is 11.6 Å². The summed E-state index contributed by atoms with van der Waals surface area (Å²) in [5.74, 6) is -0.333. The predicted octanol–water partition coefficient (Wildman–Crippen LogP) is 5.49. The molecule has 1 saturated carbocycles. The van der Waals surface area contributed by atoms with E-state index in [4.69, 9.17) is 15.2 Å². The SMILES string of the molecule is NC(=O)c1cccc(-c2cc(NC(=O)C3(c4ccc5c(c4)OCO5)CC3)ccc2OC(F)(F)F)c1.[HH].[HH].[HH]. The minimum Gasteiger partial charge on any atom is -0.454 e. The number of hydrogen-bond donors (Lipinski definition) is 2.